The van der Waals surface area contributed by atoms with Gasteiger partial charge >= 0.3 is 12.1 Å². The number of hydrogen-bond donors (Lipinski definition) is 0. The molecule has 1 aliphatic rings. The Morgan fingerprint density at radius 1 is 1.21 bits per heavy atom. The molecule has 1 aromatic heterocycles. The summed E-state index contributed by atoms with van der Waals surface area (Å²) in [6, 6.07) is 3.42. The zero-order chi connectivity index (χ0) is 17.7. The molecule has 7 nitrogen and oxygen atoms in total. The van der Waals surface area contributed by atoms with Gasteiger partial charge in [0.2, 0.25) is 0 Å². The van der Waals surface area contributed by atoms with E-state index in [-0.39, 0.29) is 12.1 Å². The predicted octanol–water partition coefficient (Wildman–Crippen LogP) is 2.32. The molecule has 0 unspecified atom stereocenters. The van der Waals surface area contributed by atoms with Crippen LogP contribution in [-0.2, 0) is 9.47 Å². The maximum atomic E-state index is 12.1. The molecule has 24 heavy (non-hydrogen) atoms. The first kappa shape index (κ1) is 18.0. The van der Waals surface area contributed by atoms with Crippen LogP contribution in [0.1, 0.15) is 38.1 Å². The second kappa shape index (κ2) is 7.51. The van der Waals surface area contributed by atoms with Crippen LogP contribution < -0.4 is 4.90 Å². The Labute approximate surface area is 142 Å². The highest BCUT2D eigenvalue weighted by Crippen LogP contribution is 2.20. The number of pyridine rings is 1. The van der Waals surface area contributed by atoms with Gasteiger partial charge in [-0.25, -0.2) is 14.6 Å². The van der Waals surface area contributed by atoms with Crippen molar-refractivity contribution >= 4 is 17.9 Å². The number of amides is 1. The summed E-state index contributed by atoms with van der Waals surface area (Å²) in [6.07, 6.45) is 1.34. The topological polar surface area (TPSA) is 72.0 Å². The third-order valence-electron chi connectivity index (χ3n) is 3.51. The summed E-state index contributed by atoms with van der Waals surface area (Å²) in [4.78, 5) is 32.2. The van der Waals surface area contributed by atoms with E-state index in [4.69, 9.17) is 9.47 Å². The maximum absolute atomic E-state index is 12.1. The number of carbonyl (C=O) groups excluding carboxylic acids is 2. The van der Waals surface area contributed by atoms with Crippen molar-refractivity contribution < 1.29 is 19.1 Å². The van der Waals surface area contributed by atoms with Crippen molar-refractivity contribution in [3.63, 3.8) is 0 Å². The Kier molecular flexibility index (Phi) is 5.64. The molecule has 1 saturated heterocycles. The summed E-state index contributed by atoms with van der Waals surface area (Å²) >= 11 is 0. The van der Waals surface area contributed by atoms with E-state index in [2.05, 4.69) is 4.98 Å². The van der Waals surface area contributed by atoms with Gasteiger partial charge in [-0.05, 0) is 39.8 Å². The molecule has 0 bridgehead atoms. The maximum Gasteiger partial charge on any atom is 0.410 e. The smallest absolute Gasteiger partial charge is 0.410 e. The molecule has 2 heterocycles. The summed E-state index contributed by atoms with van der Waals surface area (Å²) in [6.45, 7) is 9.85. The van der Waals surface area contributed by atoms with E-state index in [9.17, 15) is 9.59 Å². The molecular weight excluding hydrogens is 310 g/mol. The van der Waals surface area contributed by atoms with Gasteiger partial charge in [0.1, 0.15) is 17.0 Å². The molecule has 2 rings (SSSR count). The summed E-state index contributed by atoms with van der Waals surface area (Å²) in [5.41, 5.74) is -0.0585. The Bertz CT molecular complexity index is 590. The molecule has 7 heteroatoms. The van der Waals surface area contributed by atoms with E-state index < -0.39 is 5.60 Å². The van der Waals surface area contributed by atoms with E-state index in [1.165, 1.54) is 0 Å². The van der Waals surface area contributed by atoms with Crippen molar-refractivity contribution in [3.05, 3.63) is 23.9 Å². The van der Waals surface area contributed by atoms with Gasteiger partial charge in [0, 0.05) is 32.4 Å². The van der Waals surface area contributed by atoms with Crippen molar-refractivity contribution in [3.8, 4) is 0 Å². The minimum absolute atomic E-state index is 0.311. The SMILES string of the molecule is CCOC(=O)c1cccnc1N1CCN(C(=O)OC(C)(C)C)CC1. The number of ether oxygens (including phenoxy) is 2. The number of anilines is 1. The van der Waals surface area contributed by atoms with Crippen molar-refractivity contribution in [1.82, 2.24) is 9.88 Å². The number of esters is 1. The number of aromatic nitrogens is 1. The van der Waals surface area contributed by atoms with Crippen LogP contribution in [0.15, 0.2) is 18.3 Å². The molecule has 1 aromatic rings. The van der Waals surface area contributed by atoms with Gasteiger partial charge < -0.3 is 19.3 Å². The van der Waals surface area contributed by atoms with Crippen molar-refractivity contribution in [1.29, 1.82) is 0 Å². The highest BCUT2D eigenvalue weighted by molar-refractivity contribution is 5.94. The normalized spacial score (nSPS) is 15.2. The summed E-state index contributed by atoms with van der Waals surface area (Å²) in [5.74, 6) is 0.218. The van der Waals surface area contributed by atoms with Crippen LogP contribution in [0.3, 0.4) is 0 Å². The molecular formula is C17H25N3O4. The van der Waals surface area contributed by atoms with Crippen LogP contribution in [0.2, 0.25) is 0 Å². The van der Waals surface area contributed by atoms with Crippen molar-refractivity contribution in [2.24, 2.45) is 0 Å². The van der Waals surface area contributed by atoms with Gasteiger partial charge in [-0.15, -0.1) is 0 Å². The van der Waals surface area contributed by atoms with Gasteiger partial charge in [-0.3, -0.25) is 0 Å². The van der Waals surface area contributed by atoms with E-state index in [1.54, 1.807) is 30.2 Å². The predicted molar refractivity (Wildman–Crippen MR) is 90.2 cm³/mol. The molecule has 0 spiro atoms. The molecule has 0 aromatic carbocycles. The molecule has 1 aliphatic heterocycles. The molecule has 0 atom stereocenters. The third kappa shape index (κ3) is 4.59. The Balaban J connectivity index is 2.03. The standard InChI is InChI=1S/C17H25N3O4/c1-5-23-15(21)13-7-6-8-18-14(13)19-9-11-20(12-10-19)16(22)24-17(2,3)4/h6-8H,5,9-12H2,1-4H3. The fraction of sp³-hybridized carbons (Fsp3) is 0.588. The van der Waals surface area contributed by atoms with Gasteiger partial charge in [-0.1, -0.05) is 0 Å². The highest BCUT2D eigenvalue weighted by atomic mass is 16.6. The second-order valence-corrected chi connectivity index (χ2v) is 6.55. The molecule has 1 amide bonds. The van der Waals surface area contributed by atoms with Crippen molar-refractivity contribution in [2.75, 3.05) is 37.7 Å². The van der Waals surface area contributed by atoms with Crippen LogP contribution in [0.5, 0.6) is 0 Å². The van der Waals surface area contributed by atoms with Gasteiger partial charge in [0.25, 0.3) is 0 Å². The number of carbonyl (C=O) groups is 2. The van der Waals surface area contributed by atoms with Crippen LogP contribution in [-0.4, -0.2) is 60.3 Å². The van der Waals surface area contributed by atoms with E-state index >= 15 is 0 Å². The number of nitrogens with zero attached hydrogens (tertiary/aromatic N) is 3. The van der Waals surface area contributed by atoms with E-state index in [0.717, 1.165) is 0 Å². The number of hydrogen-bond acceptors (Lipinski definition) is 6. The molecule has 0 aliphatic carbocycles. The number of rotatable bonds is 3. The van der Waals surface area contributed by atoms with Crippen LogP contribution in [0, 0.1) is 0 Å². The fourth-order valence-corrected chi connectivity index (χ4v) is 2.44. The quantitative estimate of drug-likeness (QED) is 0.790. The molecule has 0 N–H and O–H groups in total. The Hall–Kier alpha value is -2.31. The average molecular weight is 335 g/mol. The second-order valence-electron chi connectivity index (χ2n) is 6.55. The minimum Gasteiger partial charge on any atom is -0.462 e. The Morgan fingerprint density at radius 2 is 1.88 bits per heavy atom. The zero-order valence-electron chi connectivity index (χ0n) is 14.7. The monoisotopic (exact) mass is 335 g/mol. The lowest BCUT2D eigenvalue weighted by atomic mass is 10.2. The summed E-state index contributed by atoms with van der Waals surface area (Å²) in [5, 5.41) is 0. The van der Waals surface area contributed by atoms with Gasteiger partial charge in [0.05, 0.1) is 6.61 Å². The summed E-state index contributed by atoms with van der Waals surface area (Å²) < 4.78 is 10.5. The molecule has 0 saturated carbocycles. The van der Waals surface area contributed by atoms with Crippen molar-refractivity contribution in [2.45, 2.75) is 33.3 Å². The van der Waals surface area contributed by atoms with Crippen LogP contribution >= 0.6 is 0 Å². The lowest BCUT2D eigenvalue weighted by Gasteiger charge is -2.36. The lowest BCUT2D eigenvalue weighted by molar-refractivity contribution is 0.0239. The fourth-order valence-electron chi connectivity index (χ4n) is 2.44. The van der Waals surface area contributed by atoms with Gasteiger partial charge in [0.15, 0.2) is 0 Å². The van der Waals surface area contributed by atoms with Crippen LogP contribution in [0.4, 0.5) is 10.6 Å². The third-order valence-corrected chi connectivity index (χ3v) is 3.51. The van der Waals surface area contributed by atoms with Gasteiger partial charge in [-0.2, -0.15) is 0 Å². The first-order valence-corrected chi connectivity index (χ1v) is 8.17. The lowest BCUT2D eigenvalue weighted by Crippen LogP contribution is -2.50. The number of piperazine rings is 1. The first-order valence-electron chi connectivity index (χ1n) is 8.17. The van der Waals surface area contributed by atoms with Crippen LogP contribution in [0.25, 0.3) is 0 Å². The Morgan fingerprint density at radius 3 is 2.46 bits per heavy atom. The highest BCUT2D eigenvalue weighted by Gasteiger charge is 2.28. The molecule has 1 fully saturated rings. The minimum atomic E-state index is -0.508. The first-order chi connectivity index (χ1) is 11.3. The zero-order valence-corrected chi connectivity index (χ0v) is 14.7. The largest absolute Gasteiger partial charge is 0.462 e. The molecule has 0 radical (unpaired) electrons. The van der Waals surface area contributed by atoms with E-state index in [1.807, 2.05) is 25.7 Å². The summed E-state index contributed by atoms with van der Waals surface area (Å²) in [7, 11) is 0. The van der Waals surface area contributed by atoms with E-state index in [0.29, 0.717) is 44.2 Å². The molecule has 132 valence electrons. The average Bonchev–Trinajstić information content (AvgIpc) is 2.53.